The number of carbonyl (C=O) groups excluding carboxylic acids is 1. The van der Waals surface area contributed by atoms with Crippen molar-refractivity contribution in [3.63, 3.8) is 0 Å². The number of hydrogen-bond acceptors (Lipinski definition) is 3. The second-order valence-electron chi connectivity index (χ2n) is 3.61. The van der Waals surface area contributed by atoms with Crippen molar-refractivity contribution in [3.8, 4) is 0 Å². The van der Waals surface area contributed by atoms with Crippen LogP contribution in [0, 0.1) is 0 Å². The number of thioether (sulfide) groups is 1. The number of nitrogens with one attached hydrogen (secondary N) is 1. The van der Waals surface area contributed by atoms with E-state index in [0.29, 0.717) is 0 Å². The summed E-state index contributed by atoms with van der Waals surface area (Å²) in [6, 6.07) is 0.241. The van der Waals surface area contributed by atoms with Crippen LogP contribution in [-0.2, 0) is 9.53 Å². The predicted molar refractivity (Wildman–Crippen MR) is 61.7 cm³/mol. The van der Waals surface area contributed by atoms with Gasteiger partial charge in [0.1, 0.15) is 6.61 Å². The van der Waals surface area contributed by atoms with Gasteiger partial charge in [0.05, 0.1) is 6.10 Å². The van der Waals surface area contributed by atoms with Crippen LogP contribution in [0.25, 0.3) is 0 Å². The Labute approximate surface area is 91.0 Å². The SMILES string of the molecule is CSCCC(C)NC(=O)COC(C)C. The number of carbonyl (C=O) groups is 1. The highest BCUT2D eigenvalue weighted by molar-refractivity contribution is 7.98. The first-order valence-corrected chi connectivity index (χ1v) is 6.35. The van der Waals surface area contributed by atoms with E-state index in [1.165, 1.54) is 0 Å². The van der Waals surface area contributed by atoms with Crippen LogP contribution in [0.3, 0.4) is 0 Å². The standard InChI is InChI=1S/C10H21NO2S/c1-8(2)13-7-10(12)11-9(3)5-6-14-4/h8-9H,5-7H2,1-4H3,(H,11,12). The van der Waals surface area contributed by atoms with E-state index in [4.69, 9.17) is 4.74 Å². The van der Waals surface area contributed by atoms with Gasteiger partial charge < -0.3 is 10.1 Å². The quantitative estimate of drug-likeness (QED) is 0.708. The van der Waals surface area contributed by atoms with Gasteiger partial charge in [-0.2, -0.15) is 11.8 Å². The van der Waals surface area contributed by atoms with Gasteiger partial charge in [0, 0.05) is 6.04 Å². The minimum atomic E-state index is -0.0210. The number of ether oxygens (including phenoxy) is 1. The van der Waals surface area contributed by atoms with Crippen molar-refractivity contribution in [2.24, 2.45) is 0 Å². The topological polar surface area (TPSA) is 38.3 Å². The van der Waals surface area contributed by atoms with Crippen LogP contribution in [0.1, 0.15) is 27.2 Å². The molecule has 14 heavy (non-hydrogen) atoms. The van der Waals surface area contributed by atoms with Gasteiger partial charge >= 0.3 is 0 Å². The lowest BCUT2D eigenvalue weighted by Crippen LogP contribution is -2.36. The molecule has 4 heteroatoms. The minimum absolute atomic E-state index is 0.0210. The van der Waals surface area contributed by atoms with Gasteiger partial charge in [-0.25, -0.2) is 0 Å². The van der Waals surface area contributed by atoms with E-state index in [1.807, 2.05) is 20.8 Å². The first kappa shape index (κ1) is 13.8. The largest absolute Gasteiger partial charge is 0.369 e. The van der Waals surface area contributed by atoms with Crippen LogP contribution in [0.4, 0.5) is 0 Å². The average molecular weight is 219 g/mol. The molecule has 0 aliphatic carbocycles. The summed E-state index contributed by atoms with van der Waals surface area (Å²) in [5.74, 6) is 1.05. The summed E-state index contributed by atoms with van der Waals surface area (Å²) >= 11 is 1.79. The molecule has 1 amide bonds. The normalized spacial score (nSPS) is 12.9. The number of hydrogen-bond donors (Lipinski definition) is 1. The zero-order valence-corrected chi connectivity index (χ0v) is 10.3. The molecule has 0 aromatic rings. The minimum Gasteiger partial charge on any atom is -0.369 e. The lowest BCUT2D eigenvalue weighted by molar-refractivity contribution is -0.127. The van der Waals surface area contributed by atoms with Crippen molar-refractivity contribution in [3.05, 3.63) is 0 Å². The fourth-order valence-corrected chi connectivity index (χ4v) is 1.51. The first-order valence-electron chi connectivity index (χ1n) is 4.96. The molecule has 0 saturated heterocycles. The van der Waals surface area contributed by atoms with Crippen LogP contribution >= 0.6 is 11.8 Å². The fraction of sp³-hybridized carbons (Fsp3) is 0.900. The van der Waals surface area contributed by atoms with Crippen LogP contribution < -0.4 is 5.32 Å². The highest BCUT2D eigenvalue weighted by atomic mass is 32.2. The lowest BCUT2D eigenvalue weighted by Gasteiger charge is -2.14. The zero-order valence-electron chi connectivity index (χ0n) is 9.50. The van der Waals surface area contributed by atoms with Gasteiger partial charge in [-0.3, -0.25) is 4.79 Å². The van der Waals surface area contributed by atoms with Gasteiger partial charge in [0.15, 0.2) is 0 Å². The molecule has 84 valence electrons. The van der Waals surface area contributed by atoms with Crippen molar-refractivity contribution < 1.29 is 9.53 Å². The maximum absolute atomic E-state index is 11.3. The third-order valence-corrected chi connectivity index (χ3v) is 2.35. The lowest BCUT2D eigenvalue weighted by atomic mass is 10.2. The van der Waals surface area contributed by atoms with Gasteiger partial charge in [0.25, 0.3) is 0 Å². The smallest absolute Gasteiger partial charge is 0.246 e. The molecule has 0 rings (SSSR count). The molecule has 0 aliphatic rings. The second kappa shape index (κ2) is 8.12. The van der Waals surface area contributed by atoms with Crippen molar-refractivity contribution in [2.75, 3.05) is 18.6 Å². The summed E-state index contributed by atoms with van der Waals surface area (Å²) < 4.78 is 5.19. The average Bonchev–Trinajstić information content (AvgIpc) is 2.11. The van der Waals surface area contributed by atoms with Crippen LogP contribution in [0.2, 0.25) is 0 Å². The Kier molecular flexibility index (Phi) is 7.99. The Morgan fingerprint density at radius 3 is 2.57 bits per heavy atom. The van der Waals surface area contributed by atoms with Crippen molar-refractivity contribution in [2.45, 2.75) is 39.3 Å². The predicted octanol–water partition coefficient (Wildman–Crippen LogP) is 1.67. The molecular formula is C10H21NO2S. The van der Waals surface area contributed by atoms with Crippen LogP contribution in [0.5, 0.6) is 0 Å². The molecule has 0 aromatic carbocycles. The third-order valence-electron chi connectivity index (χ3n) is 1.71. The molecule has 3 nitrogen and oxygen atoms in total. The van der Waals surface area contributed by atoms with Gasteiger partial charge in [-0.05, 0) is 39.2 Å². The highest BCUT2D eigenvalue weighted by Crippen LogP contribution is 1.99. The van der Waals surface area contributed by atoms with E-state index in [2.05, 4.69) is 11.6 Å². The van der Waals surface area contributed by atoms with E-state index < -0.39 is 0 Å². The first-order chi connectivity index (χ1) is 6.56. The summed E-state index contributed by atoms with van der Waals surface area (Å²) in [6.45, 7) is 6.03. The van der Waals surface area contributed by atoms with E-state index in [1.54, 1.807) is 11.8 Å². The molecule has 1 unspecified atom stereocenters. The van der Waals surface area contributed by atoms with Crippen LogP contribution in [-0.4, -0.2) is 36.7 Å². The molecule has 0 spiro atoms. The number of rotatable bonds is 7. The van der Waals surface area contributed by atoms with Crippen molar-refractivity contribution >= 4 is 17.7 Å². The summed E-state index contributed by atoms with van der Waals surface area (Å²) in [7, 11) is 0. The maximum Gasteiger partial charge on any atom is 0.246 e. The summed E-state index contributed by atoms with van der Waals surface area (Å²) in [6.07, 6.45) is 3.19. The second-order valence-corrected chi connectivity index (χ2v) is 4.60. The van der Waals surface area contributed by atoms with Crippen molar-refractivity contribution in [1.29, 1.82) is 0 Å². The summed E-state index contributed by atoms with van der Waals surface area (Å²) in [5.41, 5.74) is 0. The maximum atomic E-state index is 11.3. The fourth-order valence-electron chi connectivity index (χ4n) is 0.926. The Morgan fingerprint density at radius 2 is 2.07 bits per heavy atom. The van der Waals surface area contributed by atoms with E-state index in [-0.39, 0.29) is 24.7 Å². The van der Waals surface area contributed by atoms with Gasteiger partial charge in [0.2, 0.25) is 5.91 Å². The molecule has 0 radical (unpaired) electrons. The molecule has 0 aliphatic heterocycles. The summed E-state index contributed by atoms with van der Waals surface area (Å²) in [5, 5.41) is 2.89. The highest BCUT2D eigenvalue weighted by Gasteiger charge is 2.07. The molecule has 0 saturated carbocycles. The third kappa shape index (κ3) is 8.38. The molecule has 1 N–H and O–H groups in total. The van der Waals surface area contributed by atoms with E-state index in [9.17, 15) is 4.79 Å². The van der Waals surface area contributed by atoms with Crippen molar-refractivity contribution in [1.82, 2.24) is 5.32 Å². The Morgan fingerprint density at radius 1 is 1.43 bits per heavy atom. The Hall–Kier alpha value is -0.220. The molecular weight excluding hydrogens is 198 g/mol. The molecule has 0 aromatic heterocycles. The molecule has 0 heterocycles. The van der Waals surface area contributed by atoms with Crippen LogP contribution in [0.15, 0.2) is 0 Å². The molecule has 0 bridgehead atoms. The van der Waals surface area contributed by atoms with E-state index in [0.717, 1.165) is 12.2 Å². The Balaban J connectivity index is 3.50. The summed E-state index contributed by atoms with van der Waals surface area (Å²) in [4.78, 5) is 11.3. The monoisotopic (exact) mass is 219 g/mol. The molecule has 1 atom stereocenters. The Bertz CT molecular complexity index is 162. The van der Waals surface area contributed by atoms with E-state index >= 15 is 0 Å². The van der Waals surface area contributed by atoms with Gasteiger partial charge in [-0.15, -0.1) is 0 Å². The zero-order chi connectivity index (χ0) is 11.0. The van der Waals surface area contributed by atoms with Gasteiger partial charge in [-0.1, -0.05) is 0 Å². The molecule has 0 fully saturated rings. The number of amides is 1.